The second kappa shape index (κ2) is 7.58. The molecule has 0 saturated carbocycles. The fourth-order valence-electron chi connectivity index (χ4n) is 3.69. The van der Waals surface area contributed by atoms with Crippen molar-refractivity contribution in [3.63, 3.8) is 0 Å². The van der Waals surface area contributed by atoms with Gasteiger partial charge < -0.3 is 4.90 Å². The molecule has 7 heteroatoms. The Labute approximate surface area is 164 Å². The van der Waals surface area contributed by atoms with Crippen molar-refractivity contribution in [1.29, 1.82) is 0 Å². The number of rotatable bonds is 4. The maximum absolute atomic E-state index is 12.9. The van der Waals surface area contributed by atoms with Gasteiger partial charge in [-0.1, -0.05) is 19.9 Å². The van der Waals surface area contributed by atoms with Crippen LogP contribution in [0.2, 0.25) is 0 Å². The number of amides is 1. The van der Waals surface area contributed by atoms with Crippen molar-refractivity contribution < 1.29 is 4.79 Å². The van der Waals surface area contributed by atoms with E-state index in [0.717, 1.165) is 41.9 Å². The van der Waals surface area contributed by atoms with Gasteiger partial charge in [-0.25, -0.2) is 0 Å². The molecule has 3 aromatic rings. The molecule has 7 nitrogen and oxygen atoms in total. The number of carbonyl (C=O) groups is 1. The lowest BCUT2D eigenvalue weighted by molar-refractivity contribution is 0.0700. The molecule has 1 unspecified atom stereocenters. The highest BCUT2D eigenvalue weighted by Gasteiger charge is 2.27. The number of aromatic nitrogens is 5. The summed E-state index contributed by atoms with van der Waals surface area (Å²) in [5.74, 6) is 0.578. The van der Waals surface area contributed by atoms with Crippen LogP contribution in [0.1, 0.15) is 60.4 Å². The third-order valence-electron chi connectivity index (χ3n) is 5.39. The number of carbonyl (C=O) groups excluding carboxylic acids is 1. The zero-order valence-electron chi connectivity index (χ0n) is 16.6. The van der Waals surface area contributed by atoms with Crippen LogP contribution < -0.4 is 0 Å². The molecule has 0 aliphatic carbocycles. The molecule has 0 radical (unpaired) electrons. The van der Waals surface area contributed by atoms with Gasteiger partial charge in [0.2, 0.25) is 0 Å². The van der Waals surface area contributed by atoms with Gasteiger partial charge in [0, 0.05) is 61.0 Å². The first-order chi connectivity index (χ1) is 13.5. The molecule has 1 N–H and O–H groups in total. The number of aromatic amines is 1. The molecule has 28 heavy (non-hydrogen) atoms. The van der Waals surface area contributed by atoms with E-state index >= 15 is 0 Å². The number of pyridine rings is 1. The first kappa shape index (κ1) is 18.4. The lowest BCUT2D eigenvalue weighted by atomic mass is 9.93. The standard InChI is InChI=1S/C21H26N6O/c1-14(2)19-9-20(25-24-19)21(28)27-8-4-5-16(13-27)18-7-6-15(10-22-18)17-11-23-26(3)12-17/h6-7,9-12,14,16H,4-5,8,13H2,1-3H3,(H,24,25). The summed E-state index contributed by atoms with van der Waals surface area (Å²) >= 11 is 0. The molecule has 4 rings (SSSR count). The fraction of sp³-hybridized carbons (Fsp3) is 0.429. The summed E-state index contributed by atoms with van der Waals surface area (Å²) in [7, 11) is 1.91. The second-order valence-electron chi connectivity index (χ2n) is 7.83. The number of aryl methyl sites for hydroxylation is 1. The summed E-state index contributed by atoms with van der Waals surface area (Å²) in [6, 6.07) is 6.03. The number of piperidine rings is 1. The van der Waals surface area contributed by atoms with Crippen LogP contribution in [0, 0.1) is 0 Å². The zero-order chi connectivity index (χ0) is 19.7. The largest absolute Gasteiger partial charge is 0.337 e. The first-order valence-electron chi connectivity index (χ1n) is 9.81. The van der Waals surface area contributed by atoms with Crippen molar-refractivity contribution in [3.8, 4) is 11.1 Å². The van der Waals surface area contributed by atoms with Crippen LogP contribution in [0.4, 0.5) is 0 Å². The number of hydrogen-bond donors (Lipinski definition) is 1. The summed E-state index contributed by atoms with van der Waals surface area (Å²) < 4.78 is 1.79. The molecule has 0 aromatic carbocycles. The van der Waals surface area contributed by atoms with Gasteiger partial charge in [0.25, 0.3) is 5.91 Å². The Kier molecular flexibility index (Phi) is 4.98. The molecule has 1 atom stereocenters. The Bertz CT molecular complexity index is 955. The molecule has 1 amide bonds. The van der Waals surface area contributed by atoms with Gasteiger partial charge in [-0.15, -0.1) is 0 Å². The third-order valence-corrected chi connectivity index (χ3v) is 5.39. The molecular weight excluding hydrogens is 352 g/mol. The number of hydrogen-bond acceptors (Lipinski definition) is 4. The van der Waals surface area contributed by atoms with Crippen LogP contribution in [0.3, 0.4) is 0 Å². The highest BCUT2D eigenvalue weighted by molar-refractivity contribution is 5.92. The summed E-state index contributed by atoms with van der Waals surface area (Å²) in [5, 5.41) is 11.4. The summed E-state index contributed by atoms with van der Waals surface area (Å²) in [5.41, 5.74) is 4.64. The Morgan fingerprint density at radius 1 is 1.25 bits per heavy atom. The monoisotopic (exact) mass is 378 g/mol. The highest BCUT2D eigenvalue weighted by atomic mass is 16.2. The van der Waals surface area contributed by atoms with E-state index in [2.05, 4.69) is 46.3 Å². The van der Waals surface area contributed by atoms with Crippen molar-refractivity contribution in [2.75, 3.05) is 13.1 Å². The molecule has 1 aliphatic rings. The van der Waals surface area contributed by atoms with E-state index in [-0.39, 0.29) is 11.8 Å². The lowest BCUT2D eigenvalue weighted by Crippen LogP contribution is -2.39. The van der Waals surface area contributed by atoms with Gasteiger partial charge in [-0.05, 0) is 30.9 Å². The molecule has 146 valence electrons. The van der Waals surface area contributed by atoms with Crippen molar-refractivity contribution >= 4 is 5.91 Å². The predicted molar refractivity (Wildman–Crippen MR) is 107 cm³/mol. The number of nitrogens with zero attached hydrogens (tertiary/aromatic N) is 5. The van der Waals surface area contributed by atoms with Gasteiger partial charge in [0.05, 0.1) is 6.20 Å². The van der Waals surface area contributed by atoms with Crippen LogP contribution >= 0.6 is 0 Å². The van der Waals surface area contributed by atoms with Gasteiger partial charge >= 0.3 is 0 Å². The van der Waals surface area contributed by atoms with E-state index in [1.54, 1.807) is 4.68 Å². The van der Waals surface area contributed by atoms with Crippen molar-refractivity contribution in [1.82, 2.24) is 29.9 Å². The van der Waals surface area contributed by atoms with Crippen LogP contribution in [-0.4, -0.2) is 48.9 Å². The van der Waals surface area contributed by atoms with Gasteiger partial charge in [-0.3, -0.25) is 19.6 Å². The van der Waals surface area contributed by atoms with Crippen molar-refractivity contribution in [2.45, 2.75) is 38.5 Å². The van der Waals surface area contributed by atoms with E-state index < -0.39 is 0 Å². The van der Waals surface area contributed by atoms with Crippen LogP contribution in [-0.2, 0) is 7.05 Å². The van der Waals surface area contributed by atoms with Crippen molar-refractivity contribution in [2.24, 2.45) is 7.05 Å². The molecule has 3 aromatic heterocycles. The Morgan fingerprint density at radius 3 is 2.75 bits per heavy atom. The maximum Gasteiger partial charge on any atom is 0.274 e. The lowest BCUT2D eigenvalue weighted by Gasteiger charge is -2.32. The van der Waals surface area contributed by atoms with Gasteiger partial charge in [0.1, 0.15) is 5.69 Å². The van der Waals surface area contributed by atoms with E-state index in [9.17, 15) is 4.79 Å². The fourth-order valence-corrected chi connectivity index (χ4v) is 3.69. The minimum Gasteiger partial charge on any atom is -0.337 e. The van der Waals surface area contributed by atoms with Crippen LogP contribution in [0.5, 0.6) is 0 Å². The molecule has 4 heterocycles. The van der Waals surface area contributed by atoms with Gasteiger partial charge in [0.15, 0.2) is 0 Å². The SMILES string of the molecule is CC(C)c1cc(C(=O)N2CCCC(c3ccc(-c4cnn(C)c4)cn3)C2)n[nH]1. The Morgan fingerprint density at radius 2 is 2.11 bits per heavy atom. The highest BCUT2D eigenvalue weighted by Crippen LogP contribution is 2.28. The summed E-state index contributed by atoms with van der Waals surface area (Å²) in [6.07, 6.45) is 7.74. The number of H-pyrrole nitrogens is 1. The second-order valence-corrected chi connectivity index (χ2v) is 7.83. The molecule has 1 fully saturated rings. The summed E-state index contributed by atoms with van der Waals surface area (Å²) in [6.45, 7) is 5.62. The maximum atomic E-state index is 12.9. The molecule has 0 spiro atoms. The normalized spacial score (nSPS) is 17.3. The van der Waals surface area contributed by atoms with E-state index in [0.29, 0.717) is 18.2 Å². The Balaban J connectivity index is 1.46. The molecule has 0 bridgehead atoms. The molecule has 1 saturated heterocycles. The number of nitrogens with one attached hydrogen (secondary N) is 1. The van der Waals surface area contributed by atoms with Crippen LogP contribution in [0.15, 0.2) is 36.8 Å². The number of likely N-dealkylation sites (tertiary alicyclic amines) is 1. The van der Waals surface area contributed by atoms with Crippen LogP contribution in [0.25, 0.3) is 11.1 Å². The predicted octanol–water partition coefficient (Wildman–Crippen LogP) is 3.35. The van der Waals surface area contributed by atoms with E-state index in [1.807, 2.05) is 36.6 Å². The van der Waals surface area contributed by atoms with Crippen molar-refractivity contribution in [3.05, 3.63) is 53.9 Å². The third kappa shape index (κ3) is 3.69. The molecule has 1 aliphatic heterocycles. The summed E-state index contributed by atoms with van der Waals surface area (Å²) in [4.78, 5) is 19.5. The zero-order valence-corrected chi connectivity index (χ0v) is 16.6. The average molecular weight is 378 g/mol. The molecular formula is C21H26N6O. The average Bonchev–Trinajstić information content (AvgIpc) is 3.37. The Hall–Kier alpha value is -2.96. The smallest absolute Gasteiger partial charge is 0.274 e. The van der Waals surface area contributed by atoms with E-state index in [4.69, 9.17) is 0 Å². The van der Waals surface area contributed by atoms with E-state index in [1.165, 1.54) is 0 Å². The topological polar surface area (TPSA) is 79.7 Å². The minimum absolute atomic E-state index is 0.000157. The quantitative estimate of drug-likeness (QED) is 0.755. The minimum atomic E-state index is -0.000157. The van der Waals surface area contributed by atoms with Gasteiger partial charge in [-0.2, -0.15) is 10.2 Å². The first-order valence-corrected chi connectivity index (χ1v) is 9.81.